The number of nitrogens with one attached hydrogen (secondary N) is 1. The summed E-state index contributed by atoms with van der Waals surface area (Å²) < 4.78 is 14.9. The highest BCUT2D eigenvalue weighted by molar-refractivity contribution is 9.10. The number of likely N-dealkylation sites (N-methyl/N-ethyl adjacent to an activating group) is 1. The van der Waals surface area contributed by atoms with Crippen molar-refractivity contribution in [1.29, 1.82) is 0 Å². The first-order valence-corrected chi connectivity index (χ1v) is 9.04. The number of benzene rings is 1. The van der Waals surface area contributed by atoms with Crippen LogP contribution >= 0.6 is 15.9 Å². The molecule has 1 aliphatic rings. The number of hydrogen-bond acceptors (Lipinski definition) is 1. The molecule has 118 valence electrons. The number of rotatable bonds is 6. The van der Waals surface area contributed by atoms with E-state index in [1.807, 2.05) is 13.1 Å². The van der Waals surface area contributed by atoms with E-state index in [4.69, 9.17) is 0 Å². The predicted molar refractivity (Wildman–Crippen MR) is 91.0 cm³/mol. The summed E-state index contributed by atoms with van der Waals surface area (Å²) in [5, 5.41) is 3.43. The lowest BCUT2D eigenvalue weighted by Crippen LogP contribution is -2.37. The Labute approximate surface area is 136 Å². The highest BCUT2D eigenvalue weighted by Gasteiger charge is 2.27. The normalized spacial score (nSPS) is 24.0. The first kappa shape index (κ1) is 17.0. The first-order chi connectivity index (χ1) is 10.1. The Morgan fingerprint density at radius 3 is 2.62 bits per heavy atom. The van der Waals surface area contributed by atoms with Crippen LogP contribution < -0.4 is 5.32 Å². The molecule has 1 nitrogen and oxygen atoms in total. The van der Waals surface area contributed by atoms with Gasteiger partial charge in [-0.15, -0.1) is 0 Å². The summed E-state index contributed by atoms with van der Waals surface area (Å²) in [4.78, 5) is 0. The zero-order valence-electron chi connectivity index (χ0n) is 13.2. The van der Waals surface area contributed by atoms with Crippen LogP contribution in [0.4, 0.5) is 4.39 Å². The molecule has 1 unspecified atom stereocenters. The summed E-state index contributed by atoms with van der Waals surface area (Å²) in [6.45, 7) is 2.28. The number of halogens is 2. The molecule has 1 N–H and O–H groups in total. The molecular weight excluding hydrogens is 329 g/mol. The van der Waals surface area contributed by atoms with Gasteiger partial charge in [0.25, 0.3) is 0 Å². The molecule has 1 atom stereocenters. The van der Waals surface area contributed by atoms with Crippen molar-refractivity contribution in [3.63, 3.8) is 0 Å². The van der Waals surface area contributed by atoms with Crippen molar-refractivity contribution < 1.29 is 4.39 Å². The molecule has 1 aromatic carbocycles. The maximum absolute atomic E-state index is 13.9. The molecule has 1 aromatic rings. The topological polar surface area (TPSA) is 12.0 Å². The molecule has 0 aromatic heterocycles. The van der Waals surface area contributed by atoms with Crippen LogP contribution in [0.5, 0.6) is 0 Å². The molecule has 3 heteroatoms. The van der Waals surface area contributed by atoms with Crippen LogP contribution in [0.25, 0.3) is 0 Å². The minimum atomic E-state index is -0.0851. The molecule has 0 spiro atoms. The van der Waals surface area contributed by atoms with Gasteiger partial charge in [0.15, 0.2) is 0 Å². The van der Waals surface area contributed by atoms with E-state index >= 15 is 0 Å². The van der Waals surface area contributed by atoms with E-state index < -0.39 is 0 Å². The van der Waals surface area contributed by atoms with Crippen LogP contribution in [0.15, 0.2) is 22.7 Å². The Kier molecular flexibility index (Phi) is 6.69. The monoisotopic (exact) mass is 355 g/mol. The predicted octanol–water partition coefficient (Wildman–Crippen LogP) is 5.33. The molecule has 0 saturated heterocycles. The second-order valence-electron chi connectivity index (χ2n) is 6.40. The van der Waals surface area contributed by atoms with Crippen LogP contribution in [0.2, 0.25) is 0 Å². The van der Waals surface area contributed by atoms with Crippen molar-refractivity contribution >= 4 is 15.9 Å². The summed E-state index contributed by atoms with van der Waals surface area (Å²) in [6, 6.07) is 5.63. The molecule has 2 rings (SSSR count). The van der Waals surface area contributed by atoms with Crippen molar-refractivity contribution in [1.82, 2.24) is 5.32 Å². The smallest absolute Gasteiger partial charge is 0.126 e. The van der Waals surface area contributed by atoms with Gasteiger partial charge in [-0.25, -0.2) is 4.39 Å². The fourth-order valence-electron chi connectivity index (χ4n) is 3.73. The maximum atomic E-state index is 13.9. The minimum Gasteiger partial charge on any atom is -0.316 e. The van der Waals surface area contributed by atoms with E-state index in [9.17, 15) is 4.39 Å². The third-order valence-corrected chi connectivity index (χ3v) is 5.47. The quantitative estimate of drug-likeness (QED) is 0.727. The van der Waals surface area contributed by atoms with E-state index in [-0.39, 0.29) is 5.82 Å². The fourth-order valence-corrected chi connectivity index (χ4v) is 4.14. The molecule has 0 bridgehead atoms. The Morgan fingerprint density at radius 2 is 2.00 bits per heavy atom. The largest absolute Gasteiger partial charge is 0.316 e. The van der Waals surface area contributed by atoms with Crippen LogP contribution in [-0.2, 0) is 6.42 Å². The summed E-state index contributed by atoms with van der Waals surface area (Å²) in [6.07, 6.45) is 8.71. The second-order valence-corrected chi connectivity index (χ2v) is 7.32. The summed E-state index contributed by atoms with van der Waals surface area (Å²) in [7, 11) is 2.01. The third kappa shape index (κ3) is 4.79. The van der Waals surface area contributed by atoms with E-state index in [0.717, 1.165) is 22.4 Å². The van der Waals surface area contributed by atoms with E-state index in [0.29, 0.717) is 12.0 Å². The second kappa shape index (κ2) is 8.28. The van der Waals surface area contributed by atoms with Crippen LogP contribution in [-0.4, -0.2) is 13.1 Å². The van der Waals surface area contributed by atoms with Crippen molar-refractivity contribution in [2.75, 3.05) is 7.05 Å². The van der Waals surface area contributed by atoms with Crippen molar-refractivity contribution in [2.45, 2.75) is 57.9 Å². The van der Waals surface area contributed by atoms with Crippen LogP contribution in [0.1, 0.15) is 51.0 Å². The maximum Gasteiger partial charge on any atom is 0.126 e. The van der Waals surface area contributed by atoms with Gasteiger partial charge in [0, 0.05) is 10.5 Å². The molecule has 21 heavy (non-hydrogen) atoms. The van der Waals surface area contributed by atoms with E-state index in [2.05, 4.69) is 28.2 Å². The Bertz CT molecular complexity index is 441. The van der Waals surface area contributed by atoms with Gasteiger partial charge in [0.2, 0.25) is 0 Å². The summed E-state index contributed by atoms with van der Waals surface area (Å²) >= 11 is 3.44. The minimum absolute atomic E-state index is 0.0851. The number of hydrogen-bond donors (Lipinski definition) is 1. The van der Waals surface area contributed by atoms with Crippen molar-refractivity contribution in [3.05, 3.63) is 34.1 Å². The molecule has 0 aliphatic heterocycles. The molecule has 0 radical (unpaired) electrons. The van der Waals surface area contributed by atoms with Gasteiger partial charge in [-0.2, -0.15) is 0 Å². The zero-order valence-corrected chi connectivity index (χ0v) is 14.8. The zero-order chi connectivity index (χ0) is 15.2. The average molecular weight is 356 g/mol. The Hall–Kier alpha value is -0.410. The van der Waals surface area contributed by atoms with Gasteiger partial charge in [-0.05, 0) is 61.9 Å². The molecule has 1 fully saturated rings. The highest BCUT2D eigenvalue weighted by atomic mass is 79.9. The van der Waals surface area contributed by atoms with Crippen LogP contribution in [0.3, 0.4) is 0 Å². The molecule has 0 heterocycles. The third-order valence-electron chi connectivity index (χ3n) is 4.98. The van der Waals surface area contributed by atoms with Gasteiger partial charge in [0.05, 0.1) is 0 Å². The standard InChI is InChI=1S/C18H27BrFN/c1-3-4-13-5-7-14(8-6-13)18(21-2)12-15-11-16(19)9-10-17(15)20/h9-11,13-14,18,21H,3-8,12H2,1-2H3. The lowest BCUT2D eigenvalue weighted by atomic mass is 9.76. The Morgan fingerprint density at radius 1 is 1.29 bits per heavy atom. The highest BCUT2D eigenvalue weighted by Crippen LogP contribution is 2.34. The van der Waals surface area contributed by atoms with E-state index in [1.165, 1.54) is 38.5 Å². The molecule has 0 amide bonds. The van der Waals surface area contributed by atoms with Crippen molar-refractivity contribution in [2.24, 2.45) is 11.8 Å². The van der Waals surface area contributed by atoms with Gasteiger partial charge >= 0.3 is 0 Å². The average Bonchev–Trinajstić information content (AvgIpc) is 2.49. The fraction of sp³-hybridized carbons (Fsp3) is 0.667. The molecule has 1 aliphatic carbocycles. The lowest BCUT2D eigenvalue weighted by molar-refractivity contribution is 0.217. The lowest BCUT2D eigenvalue weighted by Gasteiger charge is -2.34. The van der Waals surface area contributed by atoms with E-state index in [1.54, 1.807) is 12.1 Å². The van der Waals surface area contributed by atoms with Gasteiger partial charge in [-0.1, -0.05) is 48.5 Å². The SMILES string of the molecule is CCCC1CCC(C(Cc2cc(Br)ccc2F)NC)CC1. The molecular formula is C18H27BrFN. The van der Waals surface area contributed by atoms with Gasteiger partial charge < -0.3 is 5.32 Å². The van der Waals surface area contributed by atoms with Gasteiger partial charge in [-0.3, -0.25) is 0 Å². The van der Waals surface area contributed by atoms with Crippen molar-refractivity contribution in [3.8, 4) is 0 Å². The van der Waals surface area contributed by atoms with Gasteiger partial charge in [0.1, 0.15) is 5.82 Å². The summed E-state index contributed by atoms with van der Waals surface area (Å²) in [5.41, 5.74) is 0.819. The first-order valence-electron chi connectivity index (χ1n) is 8.25. The van der Waals surface area contributed by atoms with Crippen LogP contribution in [0, 0.1) is 17.7 Å². The molecule has 1 saturated carbocycles. The Balaban J connectivity index is 1.96. The summed E-state index contributed by atoms with van der Waals surface area (Å²) in [5.74, 6) is 1.52.